The van der Waals surface area contributed by atoms with Gasteiger partial charge in [-0.15, -0.1) is 0 Å². The van der Waals surface area contributed by atoms with E-state index in [-0.39, 0.29) is 12.0 Å². The van der Waals surface area contributed by atoms with Crippen LogP contribution in [0.2, 0.25) is 0 Å². The third-order valence-corrected chi connectivity index (χ3v) is 3.39. The van der Waals surface area contributed by atoms with Crippen LogP contribution in [0.3, 0.4) is 0 Å². The van der Waals surface area contributed by atoms with Crippen LogP contribution in [-0.4, -0.2) is 12.5 Å². The molecule has 0 saturated carbocycles. The lowest BCUT2D eigenvalue weighted by molar-refractivity contribution is -0.114. The number of halogens is 1. The Kier molecular flexibility index (Phi) is 5.36. The molecule has 110 valence electrons. The maximum atomic E-state index is 11.2. The number of benzene rings is 2. The van der Waals surface area contributed by atoms with Crippen molar-refractivity contribution >= 4 is 27.5 Å². The Morgan fingerprint density at radius 2 is 2.05 bits per heavy atom. The van der Waals surface area contributed by atoms with Crippen LogP contribution in [0.15, 0.2) is 53.0 Å². The third kappa shape index (κ3) is 4.31. The number of amides is 1. The molecule has 0 bridgehead atoms. The molecule has 0 aromatic heterocycles. The minimum absolute atomic E-state index is 0.141. The molecule has 2 rings (SSSR count). The molecular weight excluding hydrogens is 332 g/mol. The first kappa shape index (κ1) is 15.5. The molecular formula is C16H17BrN2O2. The van der Waals surface area contributed by atoms with Crippen molar-refractivity contribution in [3.63, 3.8) is 0 Å². The van der Waals surface area contributed by atoms with Gasteiger partial charge in [-0.1, -0.05) is 40.2 Å². The summed E-state index contributed by atoms with van der Waals surface area (Å²) in [5.41, 5.74) is 7.44. The van der Waals surface area contributed by atoms with Gasteiger partial charge in [0.2, 0.25) is 5.91 Å². The van der Waals surface area contributed by atoms with Crippen LogP contribution >= 0.6 is 15.9 Å². The predicted molar refractivity (Wildman–Crippen MR) is 87.3 cm³/mol. The molecule has 0 heterocycles. The minimum atomic E-state index is -0.280. The summed E-state index contributed by atoms with van der Waals surface area (Å²) >= 11 is 3.44. The van der Waals surface area contributed by atoms with Gasteiger partial charge in [0.15, 0.2) is 0 Å². The maximum Gasteiger partial charge on any atom is 0.221 e. The topological polar surface area (TPSA) is 64.3 Å². The lowest BCUT2D eigenvalue weighted by Crippen LogP contribution is -2.19. The average Bonchev–Trinajstić information content (AvgIpc) is 2.45. The van der Waals surface area contributed by atoms with Crippen LogP contribution in [0.5, 0.6) is 5.75 Å². The Labute approximate surface area is 132 Å². The van der Waals surface area contributed by atoms with Crippen molar-refractivity contribution in [2.24, 2.45) is 5.73 Å². The summed E-state index contributed by atoms with van der Waals surface area (Å²) in [5, 5.41) is 2.75. The second kappa shape index (κ2) is 7.24. The third-order valence-electron chi connectivity index (χ3n) is 2.90. The zero-order chi connectivity index (χ0) is 15.2. The highest BCUT2D eigenvalue weighted by Crippen LogP contribution is 2.29. The van der Waals surface area contributed by atoms with E-state index < -0.39 is 0 Å². The molecule has 1 atom stereocenters. The van der Waals surface area contributed by atoms with Crippen LogP contribution in [0.1, 0.15) is 18.6 Å². The molecule has 0 radical (unpaired) electrons. The molecule has 4 nitrogen and oxygen atoms in total. The molecule has 3 N–H and O–H groups in total. The minimum Gasteiger partial charge on any atom is -0.482 e. The standard InChI is InChI=1S/C16H17BrN2O2/c1-11(20)19-14-7-2-3-8-15(14)21-16(10-18)12-5-4-6-13(17)9-12/h2-9,16H,10,18H2,1H3,(H,19,20). The van der Waals surface area contributed by atoms with E-state index in [1.807, 2.05) is 42.5 Å². The highest BCUT2D eigenvalue weighted by Gasteiger charge is 2.14. The number of nitrogens with one attached hydrogen (secondary N) is 1. The van der Waals surface area contributed by atoms with Gasteiger partial charge in [-0.2, -0.15) is 0 Å². The van der Waals surface area contributed by atoms with Crippen LogP contribution in [0.4, 0.5) is 5.69 Å². The fraction of sp³-hybridized carbons (Fsp3) is 0.188. The predicted octanol–water partition coefficient (Wildman–Crippen LogP) is 3.49. The van der Waals surface area contributed by atoms with Crippen molar-refractivity contribution in [3.8, 4) is 5.75 Å². The van der Waals surface area contributed by atoms with Crippen molar-refractivity contribution in [1.29, 1.82) is 0 Å². The first-order chi connectivity index (χ1) is 10.1. The first-order valence-corrected chi connectivity index (χ1v) is 7.38. The Morgan fingerprint density at radius 3 is 2.71 bits per heavy atom. The van der Waals surface area contributed by atoms with E-state index in [0.717, 1.165) is 10.0 Å². The Balaban J connectivity index is 2.25. The molecule has 1 amide bonds. The van der Waals surface area contributed by atoms with Crippen molar-refractivity contribution in [1.82, 2.24) is 0 Å². The Morgan fingerprint density at radius 1 is 1.29 bits per heavy atom. The Bertz CT molecular complexity index is 631. The van der Waals surface area contributed by atoms with Gasteiger partial charge in [0.05, 0.1) is 5.69 Å². The summed E-state index contributed by atoms with van der Waals surface area (Å²) in [7, 11) is 0. The van der Waals surface area contributed by atoms with E-state index in [0.29, 0.717) is 18.0 Å². The van der Waals surface area contributed by atoms with Gasteiger partial charge >= 0.3 is 0 Å². The fourth-order valence-corrected chi connectivity index (χ4v) is 2.39. The van der Waals surface area contributed by atoms with E-state index in [2.05, 4.69) is 21.2 Å². The molecule has 0 aliphatic rings. The quantitative estimate of drug-likeness (QED) is 0.869. The highest BCUT2D eigenvalue weighted by molar-refractivity contribution is 9.10. The molecule has 0 fully saturated rings. The number of para-hydroxylation sites is 2. The van der Waals surface area contributed by atoms with Gasteiger partial charge in [0.25, 0.3) is 0 Å². The molecule has 0 aliphatic heterocycles. The van der Waals surface area contributed by atoms with Crippen LogP contribution in [-0.2, 0) is 4.79 Å². The van der Waals surface area contributed by atoms with Crippen molar-refractivity contribution < 1.29 is 9.53 Å². The molecule has 0 spiro atoms. The van der Waals surface area contributed by atoms with Crippen LogP contribution in [0.25, 0.3) is 0 Å². The second-order valence-electron chi connectivity index (χ2n) is 4.57. The SMILES string of the molecule is CC(=O)Nc1ccccc1OC(CN)c1cccc(Br)c1. The van der Waals surface area contributed by atoms with E-state index in [1.165, 1.54) is 6.92 Å². The van der Waals surface area contributed by atoms with Gasteiger partial charge in [0.1, 0.15) is 11.9 Å². The van der Waals surface area contributed by atoms with E-state index >= 15 is 0 Å². The highest BCUT2D eigenvalue weighted by atomic mass is 79.9. The van der Waals surface area contributed by atoms with E-state index in [4.69, 9.17) is 10.5 Å². The van der Waals surface area contributed by atoms with E-state index in [1.54, 1.807) is 6.07 Å². The summed E-state index contributed by atoms with van der Waals surface area (Å²) in [5.74, 6) is 0.459. The first-order valence-electron chi connectivity index (χ1n) is 6.59. The molecule has 1 unspecified atom stereocenters. The largest absolute Gasteiger partial charge is 0.482 e. The van der Waals surface area contributed by atoms with Gasteiger partial charge in [0, 0.05) is 17.9 Å². The lowest BCUT2D eigenvalue weighted by Gasteiger charge is -2.20. The fourth-order valence-electron chi connectivity index (χ4n) is 1.97. The summed E-state index contributed by atoms with van der Waals surface area (Å²) in [4.78, 5) is 11.2. The molecule has 5 heteroatoms. The van der Waals surface area contributed by atoms with Crippen LogP contribution < -0.4 is 15.8 Å². The number of hydrogen-bond acceptors (Lipinski definition) is 3. The summed E-state index contributed by atoms with van der Waals surface area (Å²) in [6, 6.07) is 15.1. The van der Waals surface area contributed by atoms with Gasteiger partial charge in [-0.3, -0.25) is 4.79 Å². The second-order valence-corrected chi connectivity index (χ2v) is 5.49. The number of carbonyl (C=O) groups excluding carboxylic acids is 1. The van der Waals surface area contributed by atoms with Crippen LogP contribution in [0, 0.1) is 0 Å². The van der Waals surface area contributed by atoms with E-state index in [9.17, 15) is 4.79 Å². The zero-order valence-electron chi connectivity index (χ0n) is 11.7. The lowest BCUT2D eigenvalue weighted by atomic mass is 10.1. The number of rotatable bonds is 5. The molecule has 0 aliphatic carbocycles. The number of hydrogen-bond donors (Lipinski definition) is 2. The number of anilines is 1. The maximum absolute atomic E-state index is 11.2. The van der Waals surface area contributed by atoms with Crippen molar-refractivity contribution in [2.75, 3.05) is 11.9 Å². The number of ether oxygens (including phenoxy) is 1. The molecule has 0 saturated heterocycles. The zero-order valence-corrected chi connectivity index (χ0v) is 13.3. The summed E-state index contributed by atoms with van der Waals surface area (Å²) in [6.07, 6.45) is -0.280. The van der Waals surface area contributed by atoms with Gasteiger partial charge in [-0.25, -0.2) is 0 Å². The smallest absolute Gasteiger partial charge is 0.221 e. The summed E-state index contributed by atoms with van der Waals surface area (Å²) in [6.45, 7) is 1.80. The van der Waals surface area contributed by atoms with Gasteiger partial charge < -0.3 is 15.8 Å². The van der Waals surface area contributed by atoms with Crippen molar-refractivity contribution in [2.45, 2.75) is 13.0 Å². The van der Waals surface area contributed by atoms with Gasteiger partial charge in [-0.05, 0) is 29.8 Å². The summed E-state index contributed by atoms with van der Waals surface area (Å²) < 4.78 is 6.95. The van der Waals surface area contributed by atoms with Crippen molar-refractivity contribution in [3.05, 3.63) is 58.6 Å². The molecule has 2 aromatic rings. The molecule has 21 heavy (non-hydrogen) atoms. The number of nitrogens with two attached hydrogens (primary N) is 1. The number of carbonyl (C=O) groups is 1. The normalized spacial score (nSPS) is 11.8. The average molecular weight is 349 g/mol. The molecule has 2 aromatic carbocycles. The monoisotopic (exact) mass is 348 g/mol. The Hall–Kier alpha value is -1.85.